The Morgan fingerprint density at radius 2 is 1.12 bits per heavy atom. The molecule has 0 amide bonds. The summed E-state index contributed by atoms with van der Waals surface area (Å²) < 4.78 is 0. The molecule has 0 fully saturated rings. The molecule has 0 aliphatic heterocycles. The molecule has 26 heavy (non-hydrogen) atoms. The zero-order valence-electron chi connectivity index (χ0n) is 16.2. The van der Waals surface area contributed by atoms with Crippen LogP contribution in [0.15, 0.2) is 72.8 Å². The summed E-state index contributed by atoms with van der Waals surface area (Å²) in [4.78, 5) is 0. The highest BCUT2D eigenvalue weighted by Gasteiger charge is 2.04. The second-order valence-electron chi connectivity index (χ2n) is 7.32. The van der Waals surface area contributed by atoms with Crippen LogP contribution in [-0.2, 0) is 19.3 Å². The third-order valence-corrected chi connectivity index (χ3v) is 5.24. The fourth-order valence-corrected chi connectivity index (χ4v) is 3.56. The molecule has 0 unspecified atom stereocenters. The van der Waals surface area contributed by atoms with Crippen LogP contribution in [0.4, 0.5) is 0 Å². The average molecular weight is 343 g/mol. The molecule has 0 aliphatic carbocycles. The molecule has 3 rings (SSSR count). The highest BCUT2D eigenvalue weighted by Crippen LogP contribution is 2.19. The van der Waals surface area contributed by atoms with Crippen molar-refractivity contribution in [3.8, 4) is 0 Å². The highest BCUT2D eigenvalue weighted by molar-refractivity contribution is 5.36. The van der Waals surface area contributed by atoms with Gasteiger partial charge in [-0.05, 0) is 66.0 Å². The molecule has 0 heterocycles. The molecule has 134 valence electrons. The van der Waals surface area contributed by atoms with Crippen LogP contribution < -0.4 is 0 Å². The topological polar surface area (TPSA) is 0 Å². The maximum Gasteiger partial charge on any atom is -0.00230 e. The molecule has 0 saturated carbocycles. The molecule has 0 N–H and O–H groups in total. The minimum Gasteiger partial charge on any atom is -0.0654 e. The molecule has 0 atom stereocenters. The second kappa shape index (κ2) is 9.38. The molecule has 0 aliphatic rings. The Kier molecular flexibility index (Phi) is 6.66. The molecular weight excluding hydrogens is 312 g/mol. The quantitative estimate of drug-likeness (QED) is 0.390. The third kappa shape index (κ3) is 5.08. The molecule has 3 aromatic carbocycles. The summed E-state index contributed by atoms with van der Waals surface area (Å²) in [7, 11) is 0. The summed E-state index contributed by atoms with van der Waals surface area (Å²) in [5, 5.41) is 0. The Hall–Kier alpha value is -2.34. The van der Waals surface area contributed by atoms with Gasteiger partial charge >= 0.3 is 0 Å². The van der Waals surface area contributed by atoms with Gasteiger partial charge in [0.15, 0.2) is 0 Å². The van der Waals surface area contributed by atoms with E-state index in [9.17, 15) is 0 Å². The first-order valence-electron chi connectivity index (χ1n) is 9.95. The van der Waals surface area contributed by atoms with Crippen LogP contribution in [0.5, 0.6) is 0 Å². The number of unbranched alkanes of at least 4 members (excludes halogenated alkanes) is 2. The van der Waals surface area contributed by atoms with Crippen molar-refractivity contribution in [1.29, 1.82) is 0 Å². The normalized spacial score (nSPS) is 10.8. The number of benzene rings is 3. The van der Waals surface area contributed by atoms with Crippen molar-refractivity contribution in [3.63, 3.8) is 0 Å². The van der Waals surface area contributed by atoms with Crippen molar-refractivity contribution < 1.29 is 0 Å². The van der Waals surface area contributed by atoms with Crippen molar-refractivity contribution in [1.82, 2.24) is 0 Å². The van der Waals surface area contributed by atoms with Gasteiger partial charge in [-0.15, -0.1) is 0 Å². The lowest BCUT2D eigenvalue weighted by molar-refractivity contribution is 0.714. The molecule has 0 nitrogen and oxygen atoms in total. The molecule has 0 heteroatoms. The summed E-state index contributed by atoms with van der Waals surface area (Å²) in [6.45, 7) is 4.46. The molecule has 0 spiro atoms. The lowest BCUT2D eigenvalue weighted by Gasteiger charge is -2.11. The van der Waals surface area contributed by atoms with Crippen molar-refractivity contribution in [3.05, 3.63) is 106 Å². The second-order valence-corrected chi connectivity index (χ2v) is 7.32. The fraction of sp³-hybridized carbons (Fsp3) is 0.308. The van der Waals surface area contributed by atoms with E-state index in [1.807, 2.05) is 0 Å². The van der Waals surface area contributed by atoms with Gasteiger partial charge in [-0.3, -0.25) is 0 Å². The summed E-state index contributed by atoms with van der Waals surface area (Å²) in [5.74, 6) is 0. The largest absolute Gasteiger partial charge is 0.0654 e. The van der Waals surface area contributed by atoms with E-state index in [0.29, 0.717) is 0 Å². The summed E-state index contributed by atoms with van der Waals surface area (Å²) in [6.07, 6.45) is 7.15. The van der Waals surface area contributed by atoms with Gasteiger partial charge in [0.05, 0.1) is 0 Å². The van der Waals surface area contributed by atoms with Gasteiger partial charge < -0.3 is 0 Å². The van der Waals surface area contributed by atoms with Gasteiger partial charge in [0, 0.05) is 0 Å². The number of hydrogen-bond acceptors (Lipinski definition) is 0. The van der Waals surface area contributed by atoms with Gasteiger partial charge in [0.1, 0.15) is 0 Å². The minimum atomic E-state index is 1.01. The lowest BCUT2D eigenvalue weighted by Crippen LogP contribution is -1.97. The van der Waals surface area contributed by atoms with E-state index in [1.54, 1.807) is 0 Å². The van der Waals surface area contributed by atoms with Gasteiger partial charge in [0.2, 0.25) is 0 Å². The minimum absolute atomic E-state index is 1.01. The number of aryl methyl sites for hydroxylation is 2. The first kappa shape index (κ1) is 18.5. The molecular formula is C26H30. The summed E-state index contributed by atoms with van der Waals surface area (Å²) in [5.41, 5.74) is 8.58. The van der Waals surface area contributed by atoms with Crippen LogP contribution in [0, 0.1) is 6.92 Å². The first-order valence-corrected chi connectivity index (χ1v) is 9.95. The first-order chi connectivity index (χ1) is 12.8. The van der Waals surface area contributed by atoms with E-state index in [1.165, 1.54) is 59.1 Å². The zero-order chi connectivity index (χ0) is 18.2. The Morgan fingerprint density at radius 3 is 1.73 bits per heavy atom. The summed E-state index contributed by atoms with van der Waals surface area (Å²) >= 11 is 0. The van der Waals surface area contributed by atoms with Crippen LogP contribution in [-0.4, -0.2) is 0 Å². The predicted octanol–water partition coefficient (Wildman–Crippen LogP) is 6.91. The van der Waals surface area contributed by atoms with E-state index < -0.39 is 0 Å². The zero-order valence-corrected chi connectivity index (χ0v) is 16.2. The van der Waals surface area contributed by atoms with Crippen LogP contribution in [0.25, 0.3) is 0 Å². The smallest absolute Gasteiger partial charge is 0.00230 e. The standard InChI is InChI=1S/C26H30/c1-3-4-5-11-24-12-8-9-14-26(24)20-23-17-15-22(16-18-23)19-25-13-7-6-10-21(25)2/h6-10,12-18H,3-5,11,19-20H2,1-2H3. The van der Waals surface area contributed by atoms with E-state index >= 15 is 0 Å². The highest BCUT2D eigenvalue weighted by atomic mass is 14.1. The predicted molar refractivity (Wildman–Crippen MR) is 113 cm³/mol. The SMILES string of the molecule is CCCCCc1ccccc1Cc1ccc(Cc2ccccc2C)cc1. The van der Waals surface area contributed by atoms with Gasteiger partial charge in [-0.2, -0.15) is 0 Å². The van der Waals surface area contributed by atoms with E-state index in [4.69, 9.17) is 0 Å². The van der Waals surface area contributed by atoms with E-state index in [2.05, 4.69) is 86.6 Å². The third-order valence-electron chi connectivity index (χ3n) is 5.24. The maximum atomic E-state index is 2.30. The van der Waals surface area contributed by atoms with Gasteiger partial charge in [-0.25, -0.2) is 0 Å². The summed E-state index contributed by atoms with van der Waals surface area (Å²) in [6, 6.07) is 26.8. The van der Waals surface area contributed by atoms with Crippen molar-refractivity contribution >= 4 is 0 Å². The molecule has 0 aromatic heterocycles. The Labute approximate surface area is 158 Å². The Balaban J connectivity index is 1.67. The van der Waals surface area contributed by atoms with Crippen LogP contribution in [0.1, 0.15) is 59.6 Å². The average Bonchev–Trinajstić information content (AvgIpc) is 2.67. The maximum absolute atomic E-state index is 2.30. The Morgan fingerprint density at radius 1 is 0.577 bits per heavy atom. The lowest BCUT2D eigenvalue weighted by atomic mass is 9.95. The van der Waals surface area contributed by atoms with Gasteiger partial charge in [0.25, 0.3) is 0 Å². The number of rotatable bonds is 8. The molecule has 0 radical (unpaired) electrons. The van der Waals surface area contributed by atoms with Gasteiger partial charge in [-0.1, -0.05) is 92.6 Å². The van der Waals surface area contributed by atoms with Crippen LogP contribution in [0.3, 0.4) is 0 Å². The van der Waals surface area contributed by atoms with E-state index in [-0.39, 0.29) is 0 Å². The van der Waals surface area contributed by atoms with Crippen LogP contribution >= 0.6 is 0 Å². The molecule has 0 saturated heterocycles. The monoisotopic (exact) mass is 342 g/mol. The van der Waals surface area contributed by atoms with Crippen molar-refractivity contribution in [2.24, 2.45) is 0 Å². The molecule has 0 bridgehead atoms. The van der Waals surface area contributed by atoms with E-state index in [0.717, 1.165) is 12.8 Å². The van der Waals surface area contributed by atoms with Crippen molar-refractivity contribution in [2.75, 3.05) is 0 Å². The fourth-order valence-electron chi connectivity index (χ4n) is 3.56. The Bertz CT molecular complexity index is 811. The number of hydrogen-bond donors (Lipinski definition) is 0. The van der Waals surface area contributed by atoms with Crippen molar-refractivity contribution in [2.45, 2.75) is 52.4 Å². The van der Waals surface area contributed by atoms with Crippen LogP contribution in [0.2, 0.25) is 0 Å². The molecule has 3 aromatic rings.